The summed E-state index contributed by atoms with van der Waals surface area (Å²) in [7, 11) is 1.76. The minimum absolute atomic E-state index is 0.349. The van der Waals surface area contributed by atoms with Crippen LogP contribution in [0.15, 0.2) is 30.3 Å². The van der Waals surface area contributed by atoms with E-state index in [2.05, 4.69) is 11.0 Å². The van der Waals surface area contributed by atoms with E-state index < -0.39 is 5.54 Å². The Morgan fingerprint density at radius 2 is 2.00 bits per heavy atom. The molecule has 2 N–H and O–H groups in total. The van der Waals surface area contributed by atoms with Crippen molar-refractivity contribution in [3.8, 4) is 6.07 Å². The second kappa shape index (κ2) is 6.16. The molecule has 1 saturated heterocycles. The molecule has 19 heavy (non-hydrogen) atoms. The van der Waals surface area contributed by atoms with Crippen LogP contribution >= 0.6 is 0 Å². The highest BCUT2D eigenvalue weighted by Crippen LogP contribution is 2.21. The van der Waals surface area contributed by atoms with Crippen molar-refractivity contribution in [2.45, 2.75) is 24.5 Å². The molecular formula is C15H21N3O. The van der Waals surface area contributed by atoms with Gasteiger partial charge in [0.1, 0.15) is 5.54 Å². The molecule has 0 aromatic heterocycles. The maximum Gasteiger partial charge on any atom is 0.142 e. The number of nitriles is 1. The zero-order valence-electron chi connectivity index (χ0n) is 11.4. The van der Waals surface area contributed by atoms with Crippen molar-refractivity contribution in [1.29, 1.82) is 5.26 Å². The predicted molar refractivity (Wildman–Crippen MR) is 74.4 cm³/mol. The Balaban J connectivity index is 2.02. The largest absolute Gasteiger partial charge is 0.381 e. The molecule has 0 bridgehead atoms. The molecule has 1 unspecified atom stereocenters. The number of nitrogens with two attached hydrogens (primary N) is 1. The maximum absolute atomic E-state index is 9.44. The average Bonchev–Trinajstić information content (AvgIpc) is 2.49. The topological polar surface area (TPSA) is 62.3 Å². The third-order valence-corrected chi connectivity index (χ3v) is 3.83. The first-order chi connectivity index (χ1) is 9.18. The van der Waals surface area contributed by atoms with E-state index in [0.29, 0.717) is 12.6 Å². The van der Waals surface area contributed by atoms with Gasteiger partial charge < -0.3 is 10.5 Å². The summed E-state index contributed by atoms with van der Waals surface area (Å²) in [6.07, 6.45) is 2.36. The fourth-order valence-corrected chi connectivity index (χ4v) is 2.58. The molecule has 1 aliphatic rings. The molecular weight excluding hydrogens is 238 g/mol. The minimum Gasteiger partial charge on any atom is -0.381 e. The monoisotopic (exact) mass is 259 g/mol. The van der Waals surface area contributed by atoms with Crippen LogP contribution in [0.3, 0.4) is 0 Å². The Bertz CT molecular complexity index is 434. The molecule has 4 nitrogen and oxygen atoms in total. The van der Waals surface area contributed by atoms with Gasteiger partial charge in [-0.25, -0.2) is 0 Å². The Labute approximate surface area is 114 Å². The first-order valence-electron chi connectivity index (χ1n) is 6.69. The summed E-state index contributed by atoms with van der Waals surface area (Å²) in [4.78, 5) is 2.26. The molecule has 1 heterocycles. The SMILES string of the molecule is COC1CCN(CC(N)(C#N)c2ccccc2)CC1. The summed E-state index contributed by atoms with van der Waals surface area (Å²) in [6.45, 7) is 2.45. The maximum atomic E-state index is 9.44. The summed E-state index contributed by atoms with van der Waals surface area (Å²) in [5.41, 5.74) is 6.23. The van der Waals surface area contributed by atoms with E-state index in [4.69, 9.17) is 10.5 Å². The molecule has 4 heteroatoms. The number of hydrogen-bond acceptors (Lipinski definition) is 4. The van der Waals surface area contributed by atoms with Crippen molar-refractivity contribution in [1.82, 2.24) is 4.90 Å². The molecule has 0 aliphatic carbocycles. The fraction of sp³-hybridized carbons (Fsp3) is 0.533. The van der Waals surface area contributed by atoms with Crippen molar-refractivity contribution in [2.24, 2.45) is 5.73 Å². The lowest BCUT2D eigenvalue weighted by Crippen LogP contribution is -2.49. The molecule has 0 amide bonds. The van der Waals surface area contributed by atoms with E-state index in [-0.39, 0.29) is 0 Å². The molecule has 102 valence electrons. The third-order valence-electron chi connectivity index (χ3n) is 3.83. The first-order valence-corrected chi connectivity index (χ1v) is 6.69. The van der Waals surface area contributed by atoms with Crippen LogP contribution in [-0.4, -0.2) is 37.7 Å². The van der Waals surface area contributed by atoms with Crippen molar-refractivity contribution >= 4 is 0 Å². The number of benzene rings is 1. The second-order valence-corrected chi connectivity index (χ2v) is 5.16. The van der Waals surface area contributed by atoms with E-state index in [1.165, 1.54) is 0 Å². The number of nitrogens with zero attached hydrogens (tertiary/aromatic N) is 2. The van der Waals surface area contributed by atoms with Gasteiger partial charge >= 0.3 is 0 Å². The molecule has 1 aromatic carbocycles. The van der Waals surface area contributed by atoms with Crippen LogP contribution in [0.1, 0.15) is 18.4 Å². The lowest BCUT2D eigenvalue weighted by atomic mass is 9.91. The molecule has 0 saturated carbocycles. The number of piperidine rings is 1. The minimum atomic E-state index is -0.929. The van der Waals surface area contributed by atoms with Crippen LogP contribution in [0.25, 0.3) is 0 Å². The van der Waals surface area contributed by atoms with Crippen LogP contribution in [0.4, 0.5) is 0 Å². The van der Waals surface area contributed by atoms with Gasteiger partial charge in [-0.05, 0) is 18.4 Å². The zero-order valence-corrected chi connectivity index (χ0v) is 11.4. The Morgan fingerprint density at radius 1 is 1.37 bits per heavy atom. The highest BCUT2D eigenvalue weighted by molar-refractivity contribution is 5.31. The quantitative estimate of drug-likeness (QED) is 0.889. The highest BCUT2D eigenvalue weighted by Gasteiger charge is 2.31. The van der Waals surface area contributed by atoms with Crippen LogP contribution < -0.4 is 5.73 Å². The molecule has 0 spiro atoms. The van der Waals surface area contributed by atoms with Crippen LogP contribution in [-0.2, 0) is 10.3 Å². The van der Waals surface area contributed by atoms with Gasteiger partial charge in [0.05, 0.1) is 12.2 Å². The molecule has 1 aromatic rings. The highest BCUT2D eigenvalue weighted by atomic mass is 16.5. The van der Waals surface area contributed by atoms with Gasteiger partial charge in [-0.15, -0.1) is 0 Å². The van der Waals surface area contributed by atoms with Gasteiger partial charge in [0.2, 0.25) is 0 Å². The first kappa shape index (κ1) is 14.0. The lowest BCUT2D eigenvalue weighted by Gasteiger charge is -2.35. The van der Waals surface area contributed by atoms with Crippen LogP contribution in [0.2, 0.25) is 0 Å². The molecule has 1 aliphatic heterocycles. The standard InChI is InChI=1S/C15H21N3O/c1-19-14-7-9-18(10-8-14)12-15(17,11-16)13-5-3-2-4-6-13/h2-6,14H,7-10,12,17H2,1H3. The van der Waals surface area contributed by atoms with Gasteiger partial charge in [0.15, 0.2) is 0 Å². The van der Waals surface area contributed by atoms with Crippen molar-refractivity contribution in [3.05, 3.63) is 35.9 Å². The predicted octanol–water partition coefficient (Wildman–Crippen LogP) is 1.47. The zero-order chi connectivity index (χ0) is 13.7. The van der Waals surface area contributed by atoms with Crippen LogP contribution in [0, 0.1) is 11.3 Å². The number of rotatable bonds is 4. The lowest BCUT2D eigenvalue weighted by molar-refractivity contribution is 0.0369. The fourth-order valence-electron chi connectivity index (χ4n) is 2.58. The van der Waals surface area contributed by atoms with Crippen molar-refractivity contribution in [2.75, 3.05) is 26.7 Å². The van der Waals surface area contributed by atoms with Gasteiger partial charge in [-0.1, -0.05) is 30.3 Å². The van der Waals surface area contributed by atoms with E-state index in [1.807, 2.05) is 30.3 Å². The average molecular weight is 259 g/mol. The number of hydrogen-bond donors (Lipinski definition) is 1. The van der Waals surface area contributed by atoms with E-state index in [0.717, 1.165) is 31.5 Å². The summed E-state index contributed by atoms with van der Waals surface area (Å²) < 4.78 is 5.36. The number of likely N-dealkylation sites (tertiary alicyclic amines) is 1. The Kier molecular flexibility index (Phi) is 4.54. The van der Waals surface area contributed by atoms with Crippen molar-refractivity contribution in [3.63, 3.8) is 0 Å². The van der Waals surface area contributed by atoms with Crippen molar-refractivity contribution < 1.29 is 4.74 Å². The molecule has 0 radical (unpaired) electrons. The van der Waals surface area contributed by atoms with Crippen LogP contribution in [0.5, 0.6) is 0 Å². The summed E-state index contributed by atoms with van der Waals surface area (Å²) in [5, 5.41) is 9.44. The number of methoxy groups -OCH3 is 1. The molecule has 1 atom stereocenters. The third kappa shape index (κ3) is 3.32. The van der Waals surface area contributed by atoms with Gasteiger partial charge in [0, 0.05) is 26.7 Å². The second-order valence-electron chi connectivity index (χ2n) is 5.16. The van der Waals surface area contributed by atoms with Gasteiger partial charge in [-0.3, -0.25) is 4.90 Å². The summed E-state index contributed by atoms with van der Waals surface area (Å²) in [5.74, 6) is 0. The smallest absolute Gasteiger partial charge is 0.142 e. The Hall–Kier alpha value is -1.41. The summed E-state index contributed by atoms with van der Waals surface area (Å²) in [6, 6.07) is 11.9. The van der Waals surface area contributed by atoms with E-state index in [1.54, 1.807) is 7.11 Å². The van der Waals surface area contributed by atoms with Gasteiger partial charge in [-0.2, -0.15) is 5.26 Å². The van der Waals surface area contributed by atoms with E-state index >= 15 is 0 Å². The van der Waals surface area contributed by atoms with Gasteiger partial charge in [0.25, 0.3) is 0 Å². The van der Waals surface area contributed by atoms with E-state index in [9.17, 15) is 5.26 Å². The molecule has 1 fully saturated rings. The Morgan fingerprint density at radius 3 is 2.53 bits per heavy atom. The summed E-state index contributed by atoms with van der Waals surface area (Å²) >= 11 is 0. The molecule has 2 rings (SSSR count). The number of ether oxygens (including phenoxy) is 1. The normalized spacial score (nSPS) is 20.7.